The summed E-state index contributed by atoms with van der Waals surface area (Å²) in [4.78, 5) is 32.3. The minimum atomic E-state index is -4.18. The van der Waals surface area contributed by atoms with Gasteiger partial charge >= 0.3 is 0 Å². The van der Waals surface area contributed by atoms with Crippen molar-refractivity contribution in [2.45, 2.75) is 39.2 Å². The van der Waals surface area contributed by atoms with E-state index in [0.29, 0.717) is 22.0 Å². The van der Waals surface area contributed by atoms with E-state index in [4.69, 9.17) is 21.7 Å². The fraction of sp³-hybridized carbons (Fsp3) is 0.348. The van der Waals surface area contributed by atoms with Crippen molar-refractivity contribution >= 4 is 45.0 Å². The molecule has 0 aromatic heterocycles. The lowest BCUT2D eigenvalue weighted by molar-refractivity contribution is -0.121. The normalized spacial score (nSPS) is 16.3. The highest BCUT2D eigenvalue weighted by Gasteiger charge is 2.35. The first-order valence-corrected chi connectivity index (χ1v) is 12.6. The zero-order valence-electron chi connectivity index (χ0n) is 18.5. The first-order valence-electron chi connectivity index (χ1n) is 10.7. The summed E-state index contributed by atoms with van der Waals surface area (Å²) < 4.78 is 24.1. The van der Waals surface area contributed by atoms with Gasteiger partial charge in [0.15, 0.2) is 0 Å². The van der Waals surface area contributed by atoms with Crippen LogP contribution in [-0.4, -0.2) is 38.5 Å². The Labute approximate surface area is 199 Å². The molecule has 2 aromatic rings. The molecule has 3 N–H and O–H groups in total. The number of nitrogens with one attached hydrogen (secondary N) is 1. The number of hydrogen-bond acceptors (Lipinski definition) is 5. The van der Waals surface area contributed by atoms with Crippen molar-refractivity contribution in [3.63, 3.8) is 0 Å². The number of nitrogens with two attached hydrogens (primary N) is 1. The Balaban J connectivity index is 2.12. The molecule has 1 heterocycles. The van der Waals surface area contributed by atoms with Crippen LogP contribution in [0.5, 0.6) is 0 Å². The van der Waals surface area contributed by atoms with E-state index in [1.54, 1.807) is 22.9 Å². The number of amides is 2. The van der Waals surface area contributed by atoms with E-state index in [0.717, 1.165) is 18.4 Å². The summed E-state index contributed by atoms with van der Waals surface area (Å²) in [6, 6.07) is 14.0. The molecule has 0 aliphatic carbocycles. The van der Waals surface area contributed by atoms with Gasteiger partial charge in [0, 0.05) is 29.1 Å². The monoisotopic (exact) mass is 490 g/mol. The van der Waals surface area contributed by atoms with Crippen LogP contribution in [0, 0.1) is 5.92 Å². The van der Waals surface area contributed by atoms with Crippen LogP contribution in [0.15, 0.2) is 53.5 Å². The number of rotatable bonds is 8. The van der Waals surface area contributed by atoms with Crippen LogP contribution in [0.4, 0.5) is 5.69 Å². The molecule has 33 heavy (non-hydrogen) atoms. The highest BCUT2D eigenvalue weighted by atomic mass is 35.5. The van der Waals surface area contributed by atoms with E-state index >= 15 is 0 Å². The lowest BCUT2D eigenvalue weighted by atomic mass is 9.93. The Bertz CT molecular complexity index is 1160. The standard InChI is InChI=1S/C23H27ClN4O4S/c1-3-15(4-2)22-23(30)28(13-12-20(29)27-33(25,31)32)19-11-10-17(24)14-18(19)21(26-22)16-8-6-5-7-9-16/h5-11,14-15,22H,3-4,12-13H2,1-2H3,(H,27,29)(H2,25,31,32)/t22-/m0/s1. The Morgan fingerprint density at radius 2 is 1.85 bits per heavy atom. The summed E-state index contributed by atoms with van der Waals surface area (Å²) >= 11 is 6.32. The van der Waals surface area contributed by atoms with E-state index in [1.807, 2.05) is 44.2 Å². The highest BCUT2D eigenvalue weighted by Crippen LogP contribution is 2.33. The third-order valence-corrected chi connectivity index (χ3v) is 6.40. The molecule has 8 nitrogen and oxygen atoms in total. The van der Waals surface area contributed by atoms with Gasteiger partial charge < -0.3 is 4.90 Å². The average molecular weight is 491 g/mol. The second kappa shape index (κ2) is 10.5. The van der Waals surface area contributed by atoms with Crippen LogP contribution >= 0.6 is 11.6 Å². The average Bonchev–Trinajstić information content (AvgIpc) is 2.87. The summed E-state index contributed by atoms with van der Waals surface area (Å²) in [5.74, 6) is -1.06. The van der Waals surface area contributed by atoms with E-state index in [9.17, 15) is 18.0 Å². The molecule has 2 amide bonds. The molecule has 0 saturated heterocycles. The van der Waals surface area contributed by atoms with Crippen molar-refractivity contribution < 1.29 is 18.0 Å². The lowest BCUT2D eigenvalue weighted by Gasteiger charge is -2.28. The Morgan fingerprint density at radius 3 is 2.45 bits per heavy atom. The number of nitrogens with zero attached hydrogens (tertiary/aromatic N) is 2. The Hall–Kier alpha value is -2.75. The molecule has 2 aromatic carbocycles. The van der Waals surface area contributed by atoms with Gasteiger partial charge in [-0.3, -0.25) is 14.6 Å². The number of fused-ring (bicyclic) bond motifs is 1. The van der Waals surface area contributed by atoms with Crippen LogP contribution in [0.1, 0.15) is 44.2 Å². The lowest BCUT2D eigenvalue weighted by Crippen LogP contribution is -2.44. The maximum atomic E-state index is 13.7. The number of benzene rings is 2. The number of carbonyl (C=O) groups excluding carboxylic acids is 2. The number of carbonyl (C=O) groups is 2. The minimum Gasteiger partial charge on any atom is -0.309 e. The third-order valence-electron chi connectivity index (χ3n) is 5.65. The summed E-state index contributed by atoms with van der Waals surface area (Å²) in [5, 5.41) is 5.38. The molecule has 0 fully saturated rings. The van der Waals surface area contributed by atoms with E-state index in [2.05, 4.69) is 0 Å². The molecule has 0 bridgehead atoms. The van der Waals surface area contributed by atoms with E-state index in [1.165, 1.54) is 4.90 Å². The summed E-state index contributed by atoms with van der Waals surface area (Å²) in [6.45, 7) is 3.99. The largest absolute Gasteiger partial charge is 0.309 e. The zero-order valence-corrected chi connectivity index (χ0v) is 20.1. The third kappa shape index (κ3) is 5.98. The van der Waals surface area contributed by atoms with Gasteiger partial charge in [0.1, 0.15) is 6.04 Å². The number of aliphatic imine (C=N–C) groups is 1. The van der Waals surface area contributed by atoms with Crippen LogP contribution in [0.25, 0.3) is 0 Å². The van der Waals surface area contributed by atoms with Gasteiger partial charge in [-0.15, -0.1) is 0 Å². The SMILES string of the molecule is CCC(CC)[C@@H]1N=C(c2ccccc2)c2cc(Cl)ccc2N(CCC(=O)NS(N)(=O)=O)C1=O. The number of benzodiazepines with no additional fused rings is 1. The van der Waals surface area contributed by atoms with Gasteiger partial charge in [0.2, 0.25) is 5.91 Å². The Kier molecular flexibility index (Phi) is 7.88. The second-order valence-corrected chi connectivity index (χ2v) is 9.57. The fourth-order valence-electron chi connectivity index (χ4n) is 4.00. The van der Waals surface area contributed by atoms with Gasteiger partial charge in [0.05, 0.1) is 11.4 Å². The molecule has 0 unspecified atom stereocenters. The van der Waals surface area contributed by atoms with E-state index in [-0.39, 0.29) is 24.8 Å². The smallest absolute Gasteiger partial charge is 0.298 e. The van der Waals surface area contributed by atoms with Crippen LogP contribution in [-0.2, 0) is 19.8 Å². The molecule has 3 rings (SSSR count). The van der Waals surface area contributed by atoms with Crippen molar-refractivity contribution in [1.29, 1.82) is 0 Å². The quantitative estimate of drug-likeness (QED) is 0.590. The zero-order chi connectivity index (χ0) is 24.2. The van der Waals surface area contributed by atoms with Crippen LogP contribution in [0.3, 0.4) is 0 Å². The van der Waals surface area contributed by atoms with Crippen molar-refractivity contribution in [1.82, 2.24) is 4.72 Å². The van der Waals surface area contributed by atoms with Crippen molar-refractivity contribution in [3.05, 3.63) is 64.7 Å². The molecule has 176 valence electrons. The van der Waals surface area contributed by atoms with Crippen LogP contribution < -0.4 is 14.8 Å². The van der Waals surface area contributed by atoms with Gasteiger partial charge in [0.25, 0.3) is 16.1 Å². The summed E-state index contributed by atoms with van der Waals surface area (Å²) in [6.07, 6.45) is 1.24. The van der Waals surface area contributed by atoms with Crippen molar-refractivity contribution in [3.8, 4) is 0 Å². The van der Waals surface area contributed by atoms with Crippen molar-refractivity contribution in [2.24, 2.45) is 16.0 Å². The first kappa shape index (κ1) is 24.9. The molecule has 0 spiro atoms. The van der Waals surface area contributed by atoms with Gasteiger partial charge in [-0.05, 0) is 24.1 Å². The minimum absolute atomic E-state index is 0.0123. The highest BCUT2D eigenvalue weighted by molar-refractivity contribution is 7.87. The van der Waals surface area contributed by atoms with Crippen LogP contribution in [0.2, 0.25) is 5.02 Å². The second-order valence-electron chi connectivity index (χ2n) is 7.84. The molecule has 0 radical (unpaired) electrons. The van der Waals surface area contributed by atoms with Gasteiger partial charge in [-0.1, -0.05) is 68.6 Å². The maximum Gasteiger partial charge on any atom is 0.298 e. The van der Waals surface area contributed by atoms with E-state index < -0.39 is 22.2 Å². The molecular weight excluding hydrogens is 464 g/mol. The predicted octanol–water partition coefficient (Wildman–Crippen LogP) is 3.04. The first-order chi connectivity index (χ1) is 15.6. The topological polar surface area (TPSA) is 122 Å². The molecule has 0 saturated carbocycles. The Morgan fingerprint density at radius 1 is 1.18 bits per heavy atom. The molecular formula is C23H27ClN4O4S. The fourth-order valence-corrected chi connectivity index (χ4v) is 4.59. The number of halogens is 1. The molecule has 1 aliphatic heterocycles. The van der Waals surface area contributed by atoms with Gasteiger partial charge in [-0.25, -0.2) is 9.86 Å². The number of anilines is 1. The molecule has 10 heteroatoms. The maximum absolute atomic E-state index is 13.7. The summed E-state index contributed by atoms with van der Waals surface area (Å²) in [7, 11) is -4.18. The van der Waals surface area contributed by atoms with Crippen molar-refractivity contribution in [2.75, 3.05) is 11.4 Å². The number of hydrogen-bond donors (Lipinski definition) is 2. The summed E-state index contributed by atoms with van der Waals surface area (Å²) in [5.41, 5.74) is 2.72. The van der Waals surface area contributed by atoms with Gasteiger partial charge in [-0.2, -0.15) is 8.42 Å². The predicted molar refractivity (Wildman–Crippen MR) is 130 cm³/mol. The molecule has 1 atom stereocenters. The molecule has 1 aliphatic rings.